The standard InChI is InChI=1S/C21H28NO6P/c1-4-27-29(25,28-5-2)20(17-9-7-6-8-10-17)22-19(21(24)26-3)15-16-11-13-18(23)14-12-16/h6-14,19-20,22-23H,4-5,15H2,1-3H3. The van der Waals surface area contributed by atoms with E-state index >= 15 is 0 Å². The maximum atomic E-state index is 13.6. The van der Waals surface area contributed by atoms with Crippen molar-refractivity contribution < 1.29 is 28.3 Å². The molecule has 2 aromatic rings. The molecule has 0 aromatic heterocycles. The van der Waals surface area contributed by atoms with Gasteiger partial charge in [0.1, 0.15) is 17.6 Å². The molecule has 0 amide bonds. The second-order valence-electron chi connectivity index (χ2n) is 6.30. The zero-order chi connectivity index (χ0) is 21.3. The van der Waals surface area contributed by atoms with Crippen LogP contribution in [0.4, 0.5) is 0 Å². The highest BCUT2D eigenvalue weighted by atomic mass is 31.2. The topological polar surface area (TPSA) is 94.1 Å². The van der Waals surface area contributed by atoms with E-state index in [0.717, 1.165) is 5.56 Å². The molecule has 0 radical (unpaired) electrons. The van der Waals surface area contributed by atoms with Gasteiger partial charge in [0.25, 0.3) is 0 Å². The summed E-state index contributed by atoms with van der Waals surface area (Å²) in [4.78, 5) is 12.5. The van der Waals surface area contributed by atoms with Crippen LogP contribution < -0.4 is 5.32 Å². The first-order valence-electron chi connectivity index (χ1n) is 9.49. The number of benzene rings is 2. The minimum atomic E-state index is -3.63. The monoisotopic (exact) mass is 421 g/mol. The Bertz CT molecular complexity index is 802. The lowest BCUT2D eigenvalue weighted by atomic mass is 10.1. The summed E-state index contributed by atoms with van der Waals surface area (Å²) >= 11 is 0. The lowest BCUT2D eigenvalue weighted by Crippen LogP contribution is -2.42. The molecular weight excluding hydrogens is 393 g/mol. The average Bonchev–Trinajstić information content (AvgIpc) is 2.72. The largest absolute Gasteiger partial charge is 0.508 e. The van der Waals surface area contributed by atoms with Crippen molar-refractivity contribution in [2.45, 2.75) is 32.1 Å². The van der Waals surface area contributed by atoms with Crippen molar-refractivity contribution in [1.82, 2.24) is 5.32 Å². The van der Waals surface area contributed by atoms with Crippen molar-refractivity contribution in [2.75, 3.05) is 20.3 Å². The van der Waals surface area contributed by atoms with E-state index in [1.54, 1.807) is 50.2 Å². The highest BCUT2D eigenvalue weighted by Gasteiger charge is 2.39. The molecule has 0 bridgehead atoms. The van der Waals surface area contributed by atoms with Crippen LogP contribution in [0.2, 0.25) is 0 Å². The molecule has 0 spiro atoms. The van der Waals surface area contributed by atoms with E-state index in [-0.39, 0.29) is 25.4 Å². The molecule has 29 heavy (non-hydrogen) atoms. The van der Waals surface area contributed by atoms with Gasteiger partial charge in [-0.25, -0.2) is 0 Å². The Balaban J connectivity index is 2.39. The van der Waals surface area contributed by atoms with Gasteiger partial charge in [-0.3, -0.25) is 14.7 Å². The van der Waals surface area contributed by atoms with E-state index < -0.39 is 25.4 Å². The molecule has 0 aliphatic rings. The van der Waals surface area contributed by atoms with Crippen molar-refractivity contribution in [2.24, 2.45) is 0 Å². The van der Waals surface area contributed by atoms with E-state index in [1.807, 2.05) is 18.2 Å². The third-order valence-electron chi connectivity index (χ3n) is 4.27. The Morgan fingerprint density at radius 2 is 1.62 bits per heavy atom. The normalized spacial score (nSPS) is 13.6. The maximum absolute atomic E-state index is 13.6. The lowest BCUT2D eigenvalue weighted by Gasteiger charge is -2.30. The average molecular weight is 421 g/mol. The number of nitrogens with one attached hydrogen (secondary N) is 1. The summed E-state index contributed by atoms with van der Waals surface area (Å²) in [6.07, 6.45) is 0.272. The minimum Gasteiger partial charge on any atom is -0.508 e. The fourth-order valence-electron chi connectivity index (χ4n) is 2.96. The number of aromatic hydroxyl groups is 1. The number of hydrogen-bond acceptors (Lipinski definition) is 7. The Morgan fingerprint density at radius 3 is 2.14 bits per heavy atom. The molecule has 2 N–H and O–H groups in total. The first-order valence-corrected chi connectivity index (χ1v) is 11.1. The van der Waals surface area contributed by atoms with Crippen LogP contribution in [0.15, 0.2) is 54.6 Å². The van der Waals surface area contributed by atoms with Crippen molar-refractivity contribution in [3.05, 3.63) is 65.7 Å². The van der Waals surface area contributed by atoms with Gasteiger partial charge in [0.15, 0.2) is 0 Å². The van der Waals surface area contributed by atoms with Crippen LogP contribution in [0.5, 0.6) is 5.75 Å². The molecule has 0 saturated heterocycles. The molecule has 2 atom stereocenters. The van der Waals surface area contributed by atoms with E-state index in [2.05, 4.69) is 5.32 Å². The number of carbonyl (C=O) groups is 1. The molecule has 0 aliphatic heterocycles. The fourth-order valence-corrected chi connectivity index (χ4v) is 4.95. The molecule has 158 valence electrons. The fraction of sp³-hybridized carbons (Fsp3) is 0.381. The number of ether oxygens (including phenoxy) is 1. The van der Waals surface area contributed by atoms with Crippen molar-refractivity contribution >= 4 is 13.6 Å². The molecule has 2 rings (SSSR count). The maximum Gasteiger partial charge on any atom is 0.351 e. The second kappa shape index (κ2) is 11.1. The van der Waals surface area contributed by atoms with Crippen LogP contribution in [-0.2, 0) is 29.6 Å². The molecule has 0 fully saturated rings. The first kappa shape index (κ1) is 23.1. The molecule has 7 nitrogen and oxygen atoms in total. The number of methoxy groups -OCH3 is 1. The summed E-state index contributed by atoms with van der Waals surface area (Å²) in [6, 6.07) is 14.8. The summed E-state index contributed by atoms with van der Waals surface area (Å²) in [5, 5.41) is 12.6. The zero-order valence-corrected chi connectivity index (χ0v) is 17.8. The van der Waals surface area contributed by atoms with E-state index in [9.17, 15) is 14.5 Å². The lowest BCUT2D eigenvalue weighted by molar-refractivity contribution is -0.143. The van der Waals surface area contributed by atoms with Gasteiger partial charge in [0.2, 0.25) is 0 Å². The van der Waals surface area contributed by atoms with Crippen molar-refractivity contribution in [1.29, 1.82) is 0 Å². The Morgan fingerprint density at radius 1 is 1.03 bits per heavy atom. The van der Waals surface area contributed by atoms with Crippen LogP contribution in [0.1, 0.15) is 30.8 Å². The number of esters is 1. The van der Waals surface area contributed by atoms with Crippen LogP contribution in [-0.4, -0.2) is 37.4 Å². The molecule has 0 saturated carbocycles. The zero-order valence-electron chi connectivity index (χ0n) is 16.9. The van der Waals surface area contributed by atoms with Gasteiger partial charge >= 0.3 is 13.6 Å². The predicted octanol–water partition coefficient (Wildman–Crippen LogP) is 4.03. The third-order valence-corrected chi connectivity index (χ3v) is 6.59. The minimum absolute atomic E-state index is 0.135. The van der Waals surface area contributed by atoms with Gasteiger partial charge in [-0.15, -0.1) is 0 Å². The third kappa shape index (κ3) is 6.41. The molecule has 0 aliphatic carbocycles. The number of phenols is 1. The van der Waals surface area contributed by atoms with Gasteiger partial charge in [0.05, 0.1) is 20.3 Å². The van der Waals surface area contributed by atoms with Crippen molar-refractivity contribution in [3.8, 4) is 5.75 Å². The quantitative estimate of drug-likeness (QED) is 0.418. The highest BCUT2D eigenvalue weighted by molar-refractivity contribution is 7.54. The SMILES string of the molecule is CCOP(=O)(OCC)C(NC(Cc1ccc(O)cc1)C(=O)OC)c1ccccc1. The summed E-state index contributed by atoms with van der Waals surface area (Å²) in [5.74, 6) is -1.22. The summed E-state index contributed by atoms with van der Waals surface area (Å²) in [5.41, 5.74) is 1.48. The Labute approximate surface area is 171 Å². The van der Waals surface area contributed by atoms with E-state index in [1.165, 1.54) is 7.11 Å². The molecule has 8 heteroatoms. The Kier molecular flexibility index (Phi) is 8.86. The van der Waals surface area contributed by atoms with E-state index in [0.29, 0.717) is 5.56 Å². The number of phenolic OH excluding ortho intramolecular Hbond substituents is 1. The van der Waals surface area contributed by atoms with Gasteiger partial charge in [-0.2, -0.15) is 0 Å². The van der Waals surface area contributed by atoms with Gasteiger partial charge in [0, 0.05) is 0 Å². The van der Waals surface area contributed by atoms with Crippen molar-refractivity contribution in [3.63, 3.8) is 0 Å². The first-order chi connectivity index (χ1) is 13.9. The number of carbonyl (C=O) groups excluding carboxylic acids is 1. The molecule has 0 heterocycles. The Hall–Kier alpha value is -2.18. The molecule has 2 unspecified atom stereocenters. The summed E-state index contributed by atoms with van der Waals surface area (Å²) in [7, 11) is -2.33. The smallest absolute Gasteiger partial charge is 0.351 e. The van der Waals surface area contributed by atoms with Crippen LogP contribution >= 0.6 is 7.60 Å². The molecular formula is C21H28NO6P. The number of rotatable bonds is 11. The highest BCUT2D eigenvalue weighted by Crippen LogP contribution is 2.59. The van der Waals surface area contributed by atoms with Crippen LogP contribution in [0.3, 0.4) is 0 Å². The van der Waals surface area contributed by atoms with Gasteiger partial charge in [-0.1, -0.05) is 42.5 Å². The summed E-state index contributed by atoms with van der Waals surface area (Å²) in [6.45, 7) is 3.87. The van der Waals surface area contributed by atoms with Crippen LogP contribution in [0, 0.1) is 0 Å². The molecule has 2 aromatic carbocycles. The van der Waals surface area contributed by atoms with Gasteiger partial charge < -0.3 is 18.9 Å². The number of hydrogen-bond donors (Lipinski definition) is 2. The predicted molar refractivity (Wildman–Crippen MR) is 111 cm³/mol. The van der Waals surface area contributed by atoms with Gasteiger partial charge in [-0.05, 0) is 43.5 Å². The second-order valence-corrected chi connectivity index (χ2v) is 8.41. The van der Waals surface area contributed by atoms with E-state index in [4.69, 9.17) is 13.8 Å². The summed E-state index contributed by atoms with van der Waals surface area (Å²) < 4.78 is 29.6. The van der Waals surface area contributed by atoms with Crippen LogP contribution in [0.25, 0.3) is 0 Å².